The molecule has 0 saturated carbocycles. The molecule has 108 valence electrons. The fraction of sp³-hybridized carbons (Fsp3) is 0. The molecule has 21 heavy (non-hydrogen) atoms. The number of hydrogen-bond acceptors (Lipinski definition) is 3. The first-order valence-corrected chi connectivity index (χ1v) is 7.13. The number of carbonyl (C=O) groups excluding carboxylic acids is 1. The maximum absolute atomic E-state index is 12.2. The Kier molecular flexibility index (Phi) is 4.82. The Balaban J connectivity index is 2.34. The molecule has 0 heterocycles. The number of nitro groups is 1. The van der Waals surface area contributed by atoms with E-state index in [-0.39, 0.29) is 16.4 Å². The number of carbonyl (C=O) groups is 1. The highest BCUT2D eigenvalue weighted by molar-refractivity contribution is 9.10. The maximum Gasteiger partial charge on any atom is 0.294 e. The first kappa shape index (κ1) is 15.8. The monoisotopic (exact) mass is 388 g/mol. The summed E-state index contributed by atoms with van der Waals surface area (Å²) in [7, 11) is 0. The lowest BCUT2D eigenvalue weighted by Crippen LogP contribution is -2.13. The van der Waals surface area contributed by atoms with Gasteiger partial charge in [0.05, 0.1) is 10.5 Å². The van der Waals surface area contributed by atoms with Gasteiger partial charge in [-0.15, -0.1) is 0 Å². The van der Waals surface area contributed by atoms with Crippen molar-refractivity contribution in [2.24, 2.45) is 0 Å². The van der Waals surface area contributed by atoms with Crippen LogP contribution in [-0.2, 0) is 0 Å². The summed E-state index contributed by atoms with van der Waals surface area (Å²) >= 11 is 14.7. The normalized spacial score (nSPS) is 10.2. The number of nitro benzene ring substituents is 1. The smallest absolute Gasteiger partial charge is 0.294 e. The summed E-state index contributed by atoms with van der Waals surface area (Å²) in [5.74, 6) is -0.496. The second-order valence-electron chi connectivity index (χ2n) is 4.00. The number of nitrogens with zero attached hydrogens (tertiary/aromatic N) is 1. The Labute approximate surface area is 138 Å². The molecule has 2 rings (SSSR count). The summed E-state index contributed by atoms with van der Waals surface area (Å²) in [6.07, 6.45) is 0. The van der Waals surface area contributed by atoms with Gasteiger partial charge in [-0.1, -0.05) is 23.2 Å². The minimum Gasteiger partial charge on any atom is -0.316 e. The molecular formula is C13H7BrCl2N2O3. The highest BCUT2D eigenvalue weighted by atomic mass is 79.9. The predicted molar refractivity (Wildman–Crippen MR) is 85.2 cm³/mol. The Bertz CT molecular complexity index is 737. The van der Waals surface area contributed by atoms with Crippen molar-refractivity contribution in [2.75, 3.05) is 5.32 Å². The molecule has 5 nitrogen and oxygen atoms in total. The summed E-state index contributed by atoms with van der Waals surface area (Å²) in [5, 5.41) is 14.1. The second kappa shape index (κ2) is 6.43. The molecule has 0 unspecified atom stereocenters. The number of nitrogens with one attached hydrogen (secondary N) is 1. The molecule has 0 aliphatic heterocycles. The molecule has 0 aromatic heterocycles. The van der Waals surface area contributed by atoms with Gasteiger partial charge in [-0.3, -0.25) is 14.9 Å². The second-order valence-corrected chi connectivity index (χ2v) is 5.72. The zero-order chi connectivity index (χ0) is 15.6. The van der Waals surface area contributed by atoms with Gasteiger partial charge in [-0.05, 0) is 46.3 Å². The van der Waals surface area contributed by atoms with Crippen molar-refractivity contribution in [1.29, 1.82) is 0 Å². The molecule has 8 heteroatoms. The largest absolute Gasteiger partial charge is 0.316 e. The predicted octanol–water partition coefficient (Wildman–Crippen LogP) is 4.92. The summed E-state index contributed by atoms with van der Waals surface area (Å²) in [5.41, 5.74) is 0.0980. The van der Waals surface area contributed by atoms with Crippen LogP contribution >= 0.6 is 39.1 Å². The van der Waals surface area contributed by atoms with Gasteiger partial charge >= 0.3 is 0 Å². The topological polar surface area (TPSA) is 72.2 Å². The summed E-state index contributed by atoms with van der Waals surface area (Å²) in [6, 6.07) is 8.64. The van der Waals surface area contributed by atoms with Crippen LogP contribution in [0.25, 0.3) is 0 Å². The van der Waals surface area contributed by atoms with Crippen LogP contribution in [-0.4, -0.2) is 10.8 Å². The number of rotatable bonds is 3. The summed E-state index contributed by atoms with van der Waals surface area (Å²) in [6.45, 7) is 0. The minimum absolute atomic E-state index is 0.0660. The standard InChI is InChI=1S/C13H7BrCl2N2O3/c14-10-5-7(15)1-3-9(10)13(19)17-11-4-2-8(16)6-12(11)18(20)21/h1-6H,(H,17,19). The molecule has 0 aliphatic rings. The van der Waals surface area contributed by atoms with E-state index in [2.05, 4.69) is 21.2 Å². The van der Waals surface area contributed by atoms with Gasteiger partial charge in [0.25, 0.3) is 11.6 Å². The van der Waals surface area contributed by atoms with Crippen molar-refractivity contribution in [3.63, 3.8) is 0 Å². The third-order valence-electron chi connectivity index (χ3n) is 2.58. The molecular weight excluding hydrogens is 383 g/mol. The van der Waals surface area contributed by atoms with Crippen LogP contribution in [0.4, 0.5) is 11.4 Å². The van der Waals surface area contributed by atoms with Crippen LogP contribution in [0.3, 0.4) is 0 Å². The highest BCUT2D eigenvalue weighted by Crippen LogP contribution is 2.29. The lowest BCUT2D eigenvalue weighted by Gasteiger charge is -2.08. The van der Waals surface area contributed by atoms with Crippen LogP contribution in [0.15, 0.2) is 40.9 Å². The van der Waals surface area contributed by atoms with Crippen molar-refractivity contribution >= 4 is 56.4 Å². The summed E-state index contributed by atoms with van der Waals surface area (Å²) < 4.78 is 0.490. The van der Waals surface area contributed by atoms with Crippen molar-refractivity contribution < 1.29 is 9.72 Å². The van der Waals surface area contributed by atoms with Gasteiger partial charge < -0.3 is 5.32 Å². The van der Waals surface area contributed by atoms with Crippen molar-refractivity contribution in [1.82, 2.24) is 0 Å². The van der Waals surface area contributed by atoms with Crippen LogP contribution in [0.2, 0.25) is 10.0 Å². The Hall–Kier alpha value is -1.63. The molecule has 0 spiro atoms. The lowest BCUT2D eigenvalue weighted by atomic mass is 10.2. The number of anilines is 1. The van der Waals surface area contributed by atoms with Gasteiger partial charge in [0.1, 0.15) is 5.69 Å². The fourth-order valence-electron chi connectivity index (χ4n) is 1.62. The average molecular weight is 390 g/mol. The molecule has 0 aliphatic carbocycles. The van der Waals surface area contributed by atoms with Gasteiger partial charge in [0.15, 0.2) is 0 Å². The van der Waals surface area contributed by atoms with E-state index >= 15 is 0 Å². The van der Waals surface area contributed by atoms with Gasteiger partial charge in [-0.25, -0.2) is 0 Å². The first-order chi connectivity index (χ1) is 9.88. The zero-order valence-electron chi connectivity index (χ0n) is 10.3. The number of amides is 1. The van der Waals surface area contributed by atoms with Crippen LogP contribution in [0.1, 0.15) is 10.4 Å². The minimum atomic E-state index is -0.613. The Morgan fingerprint density at radius 3 is 2.38 bits per heavy atom. The van der Waals surface area contributed by atoms with E-state index in [1.807, 2.05) is 0 Å². The van der Waals surface area contributed by atoms with E-state index in [4.69, 9.17) is 23.2 Å². The van der Waals surface area contributed by atoms with E-state index < -0.39 is 10.8 Å². The first-order valence-electron chi connectivity index (χ1n) is 5.59. The van der Waals surface area contributed by atoms with Gasteiger partial charge in [-0.2, -0.15) is 0 Å². The van der Waals surface area contributed by atoms with E-state index in [0.29, 0.717) is 15.1 Å². The number of hydrogen-bond donors (Lipinski definition) is 1. The number of halogens is 3. The lowest BCUT2D eigenvalue weighted by molar-refractivity contribution is -0.383. The van der Waals surface area contributed by atoms with E-state index in [1.54, 1.807) is 12.1 Å². The highest BCUT2D eigenvalue weighted by Gasteiger charge is 2.18. The Morgan fingerprint density at radius 1 is 1.14 bits per heavy atom. The molecule has 1 N–H and O–H groups in total. The van der Waals surface area contributed by atoms with Crippen LogP contribution < -0.4 is 5.32 Å². The third-order valence-corrected chi connectivity index (χ3v) is 3.71. The van der Waals surface area contributed by atoms with Gasteiger partial charge in [0, 0.05) is 20.6 Å². The molecule has 0 radical (unpaired) electrons. The molecule has 0 bridgehead atoms. The average Bonchev–Trinajstić information content (AvgIpc) is 2.40. The van der Waals surface area contributed by atoms with Gasteiger partial charge in [0.2, 0.25) is 0 Å². The third kappa shape index (κ3) is 3.72. The molecule has 2 aromatic rings. The van der Waals surface area contributed by atoms with Crippen LogP contribution in [0.5, 0.6) is 0 Å². The molecule has 2 aromatic carbocycles. The zero-order valence-corrected chi connectivity index (χ0v) is 13.4. The summed E-state index contributed by atoms with van der Waals surface area (Å²) in [4.78, 5) is 22.5. The van der Waals surface area contributed by atoms with Crippen molar-refractivity contribution in [3.8, 4) is 0 Å². The number of benzene rings is 2. The molecule has 0 fully saturated rings. The SMILES string of the molecule is O=C(Nc1ccc(Cl)cc1[N+](=O)[O-])c1ccc(Cl)cc1Br. The van der Waals surface area contributed by atoms with E-state index in [1.165, 1.54) is 24.3 Å². The maximum atomic E-state index is 12.2. The molecule has 0 saturated heterocycles. The van der Waals surface area contributed by atoms with E-state index in [9.17, 15) is 14.9 Å². The van der Waals surface area contributed by atoms with Crippen LogP contribution in [0, 0.1) is 10.1 Å². The quantitative estimate of drug-likeness (QED) is 0.598. The van der Waals surface area contributed by atoms with E-state index in [0.717, 1.165) is 0 Å². The van der Waals surface area contributed by atoms with Crippen molar-refractivity contribution in [3.05, 3.63) is 66.6 Å². The Morgan fingerprint density at radius 2 is 1.76 bits per heavy atom. The molecule has 1 amide bonds. The fourth-order valence-corrected chi connectivity index (χ4v) is 2.65. The van der Waals surface area contributed by atoms with Crippen molar-refractivity contribution in [2.45, 2.75) is 0 Å². The molecule has 0 atom stereocenters.